The Hall–Kier alpha value is 1.01. The third-order valence-electron chi connectivity index (χ3n) is 1.78. The van der Waals surface area contributed by atoms with E-state index in [9.17, 15) is 0 Å². The number of rotatable bonds is 7. The molecule has 0 N–H and O–H groups in total. The fourth-order valence-corrected chi connectivity index (χ4v) is 3.16. The van der Waals surface area contributed by atoms with Gasteiger partial charge in [0.05, 0.1) is 13.2 Å². The smallest absolute Gasteiger partial charge is 0.0593 e. The second-order valence-electron chi connectivity index (χ2n) is 3.06. The Kier molecular flexibility index (Phi) is 4.01. The van der Waals surface area contributed by atoms with Crippen molar-refractivity contribution >= 4 is 35.3 Å². The Morgan fingerprint density at radius 1 is 1.25 bits per heavy atom. The molecule has 0 aromatic rings. The Morgan fingerprint density at radius 3 is 2.67 bits per heavy atom. The molecule has 4 heteroatoms. The van der Waals surface area contributed by atoms with Gasteiger partial charge in [-0.25, -0.2) is 0 Å². The summed E-state index contributed by atoms with van der Waals surface area (Å²) in [6.45, 7) is 1.95. The van der Waals surface area contributed by atoms with Crippen molar-refractivity contribution in [1.82, 2.24) is 0 Å². The Balaban J connectivity index is 1.31. The van der Waals surface area contributed by atoms with Gasteiger partial charge in [-0.3, -0.25) is 0 Å². The van der Waals surface area contributed by atoms with Gasteiger partial charge in [-0.2, -0.15) is 35.3 Å². The molecule has 0 saturated carbocycles. The van der Waals surface area contributed by atoms with E-state index >= 15 is 0 Å². The van der Waals surface area contributed by atoms with E-state index in [0.717, 1.165) is 23.7 Å². The first-order chi connectivity index (χ1) is 5.95. The normalized spacial score (nSPS) is 32.0. The first-order valence-electron chi connectivity index (χ1n) is 4.34. The molecule has 0 radical (unpaired) electrons. The summed E-state index contributed by atoms with van der Waals surface area (Å²) in [5.41, 5.74) is 0. The minimum Gasteiger partial charge on any atom is -0.379 e. The van der Waals surface area contributed by atoms with Crippen LogP contribution in [-0.2, 0) is 4.74 Å². The molecule has 0 bridgehead atoms. The first-order valence-corrected chi connectivity index (χ1v) is 7.59. The predicted molar refractivity (Wildman–Crippen MR) is 60.6 cm³/mol. The summed E-state index contributed by atoms with van der Waals surface area (Å²) in [7, 11) is 0. The minimum atomic E-state index is 0.842. The van der Waals surface area contributed by atoms with Crippen molar-refractivity contribution in [1.29, 1.82) is 0 Å². The van der Waals surface area contributed by atoms with E-state index in [1.807, 2.05) is 23.5 Å². The molecule has 0 spiro atoms. The molecule has 70 valence electrons. The Labute approximate surface area is 86.8 Å². The van der Waals surface area contributed by atoms with Gasteiger partial charge in [0.1, 0.15) is 0 Å². The highest BCUT2D eigenvalue weighted by atomic mass is 32.2. The van der Waals surface area contributed by atoms with E-state index in [0.29, 0.717) is 0 Å². The van der Waals surface area contributed by atoms with Gasteiger partial charge in [-0.05, 0) is 0 Å². The second kappa shape index (κ2) is 5.03. The number of thioether (sulfide) groups is 3. The zero-order valence-corrected chi connectivity index (χ0v) is 9.48. The molecule has 2 fully saturated rings. The standard InChI is InChI=1S/C8H14OS3/c1(9-3-7-5-11-7)2-10-4-8-6-12-8/h7-8H,1-6H2. The van der Waals surface area contributed by atoms with Crippen LogP contribution in [0.4, 0.5) is 0 Å². The van der Waals surface area contributed by atoms with Crippen molar-refractivity contribution in [2.75, 3.05) is 36.2 Å². The van der Waals surface area contributed by atoms with E-state index in [1.165, 1.54) is 23.0 Å². The minimum absolute atomic E-state index is 0.842. The van der Waals surface area contributed by atoms with Crippen LogP contribution in [0.15, 0.2) is 0 Å². The number of ether oxygens (including phenoxy) is 1. The summed E-state index contributed by atoms with van der Waals surface area (Å²) in [5, 5.41) is 1.82. The van der Waals surface area contributed by atoms with Crippen molar-refractivity contribution in [3.05, 3.63) is 0 Å². The summed E-state index contributed by atoms with van der Waals surface area (Å²) < 4.78 is 5.51. The number of hydrogen-bond donors (Lipinski definition) is 0. The lowest BCUT2D eigenvalue weighted by Crippen LogP contribution is -2.04. The maximum absolute atomic E-state index is 5.51. The summed E-state index contributed by atoms with van der Waals surface area (Å²) in [6.07, 6.45) is 0. The summed E-state index contributed by atoms with van der Waals surface area (Å²) >= 11 is 6.14. The molecule has 2 atom stereocenters. The van der Waals surface area contributed by atoms with Gasteiger partial charge in [-0.1, -0.05) is 0 Å². The van der Waals surface area contributed by atoms with Gasteiger partial charge in [0.15, 0.2) is 0 Å². The van der Waals surface area contributed by atoms with Crippen molar-refractivity contribution in [2.24, 2.45) is 0 Å². The zero-order valence-electron chi connectivity index (χ0n) is 7.03. The molecular formula is C8H14OS3. The van der Waals surface area contributed by atoms with Crippen LogP contribution in [0.2, 0.25) is 0 Å². The fraction of sp³-hybridized carbons (Fsp3) is 1.00. The third kappa shape index (κ3) is 4.30. The monoisotopic (exact) mass is 222 g/mol. The molecule has 2 saturated heterocycles. The lowest BCUT2D eigenvalue weighted by Gasteiger charge is -2.01. The lowest BCUT2D eigenvalue weighted by atomic mass is 10.5. The average molecular weight is 222 g/mol. The van der Waals surface area contributed by atoms with E-state index < -0.39 is 0 Å². The van der Waals surface area contributed by atoms with Crippen LogP contribution >= 0.6 is 35.3 Å². The van der Waals surface area contributed by atoms with Crippen molar-refractivity contribution < 1.29 is 4.74 Å². The molecule has 0 aliphatic carbocycles. The molecule has 0 aromatic carbocycles. The third-order valence-corrected chi connectivity index (χ3v) is 5.00. The molecule has 1 nitrogen and oxygen atoms in total. The summed E-state index contributed by atoms with van der Waals surface area (Å²) in [5.74, 6) is 5.25. The molecule has 2 aliphatic rings. The van der Waals surface area contributed by atoms with Crippen LogP contribution in [0.1, 0.15) is 0 Å². The van der Waals surface area contributed by atoms with Crippen LogP contribution in [0.3, 0.4) is 0 Å². The molecule has 0 aromatic heterocycles. The van der Waals surface area contributed by atoms with Crippen LogP contribution in [0.5, 0.6) is 0 Å². The zero-order chi connectivity index (χ0) is 8.23. The van der Waals surface area contributed by atoms with Crippen LogP contribution in [-0.4, -0.2) is 46.7 Å². The Morgan fingerprint density at radius 2 is 2.00 bits per heavy atom. The molecule has 2 unspecified atom stereocenters. The van der Waals surface area contributed by atoms with Gasteiger partial charge in [-0.15, -0.1) is 0 Å². The van der Waals surface area contributed by atoms with Crippen molar-refractivity contribution in [3.8, 4) is 0 Å². The highest BCUT2D eigenvalue weighted by molar-refractivity contribution is 8.08. The average Bonchev–Trinajstić information content (AvgIpc) is 2.89. The molecular weight excluding hydrogens is 208 g/mol. The van der Waals surface area contributed by atoms with E-state index in [4.69, 9.17) is 4.74 Å². The highest BCUT2D eigenvalue weighted by Crippen LogP contribution is 2.33. The summed E-state index contributed by atoms with van der Waals surface area (Å²) in [4.78, 5) is 0. The topological polar surface area (TPSA) is 9.23 Å². The van der Waals surface area contributed by atoms with E-state index in [2.05, 4.69) is 11.8 Å². The maximum Gasteiger partial charge on any atom is 0.0593 e. The molecule has 12 heavy (non-hydrogen) atoms. The quantitative estimate of drug-likeness (QED) is 0.481. The van der Waals surface area contributed by atoms with Crippen molar-refractivity contribution in [2.45, 2.75) is 10.5 Å². The van der Waals surface area contributed by atoms with Crippen molar-refractivity contribution in [3.63, 3.8) is 0 Å². The second-order valence-corrected chi connectivity index (χ2v) is 6.88. The van der Waals surface area contributed by atoms with Crippen LogP contribution in [0.25, 0.3) is 0 Å². The van der Waals surface area contributed by atoms with Gasteiger partial charge < -0.3 is 4.74 Å². The fourth-order valence-electron chi connectivity index (χ4n) is 0.876. The largest absolute Gasteiger partial charge is 0.379 e. The lowest BCUT2D eigenvalue weighted by molar-refractivity contribution is 0.158. The predicted octanol–water partition coefficient (Wildman–Crippen LogP) is 1.97. The van der Waals surface area contributed by atoms with Crippen LogP contribution < -0.4 is 0 Å². The van der Waals surface area contributed by atoms with Gasteiger partial charge >= 0.3 is 0 Å². The molecule has 2 aliphatic heterocycles. The molecule has 2 heterocycles. The van der Waals surface area contributed by atoms with Gasteiger partial charge in [0.2, 0.25) is 0 Å². The number of hydrogen-bond acceptors (Lipinski definition) is 4. The highest BCUT2D eigenvalue weighted by Gasteiger charge is 2.22. The first kappa shape index (κ1) is 9.56. The van der Waals surface area contributed by atoms with Crippen LogP contribution in [0, 0.1) is 0 Å². The van der Waals surface area contributed by atoms with Gasteiger partial charge in [0.25, 0.3) is 0 Å². The SMILES string of the molecule is C(CSCC1CS1)OCC1CS1. The summed E-state index contributed by atoms with van der Waals surface area (Å²) in [6, 6.07) is 0. The van der Waals surface area contributed by atoms with E-state index in [-0.39, 0.29) is 0 Å². The van der Waals surface area contributed by atoms with Gasteiger partial charge in [0, 0.05) is 33.5 Å². The molecule has 0 amide bonds. The van der Waals surface area contributed by atoms with E-state index in [1.54, 1.807) is 0 Å². The Bertz CT molecular complexity index is 118. The molecule has 2 rings (SSSR count). The maximum atomic E-state index is 5.51.